The summed E-state index contributed by atoms with van der Waals surface area (Å²) < 4.78 is 10.6. The van der Waals surface area contributed by atoms with Crippen LogP contribution in [0.2, 0.25) is 0 Å². The molecule has 0 unspecified atom stereocenters. The third kappa shape index (κ3) is 5.76. The number of piperidine rings is 1. The lowest BCUT2D eigenvalue weighted by Gasteiger charge is -2.30. The zero-order valence-corrected chi connectivity index (χ0v) is 14.2. The molecule has 1 aromatic carbocycles. The van der Waals surface area contributed by atoms with Crippen LogP contribution in [0.3, 0.4) is 0 Å². The van der Waals surface area contributed by atoms with Crippen molar-refractivity contribution in [2.75, 3.05) is 32.8 Å². The molecule has 0 spiro atoms. The van der Waals surface area contributed by atoms with Crippen molar-refractivity contribution in [3.05, 3.63) is 30.3 Å². The first kappa shape index (κ1) is 18.1. The van der Waals surface area contributed by atoms with Crippen LogP contribution in [0.5, 0.6) is 5.75 Å². The van der Waals surface area contributed by atoms with E-state index in [-0.39, 0.29) is 17.9 Å². The lowest BCUT2D eigenvalue weighted by molar-refractivity contribution is -0.149. The van der Waals surface area contributed by atoms with Crippen LogP contribution in [0.15, 0.2) is 30.3 Å². The number of amides is 2. The number of rotatable bonds is 7. The zero-order valence-electron chi connectivity index (χ0n) is 14.2. The van der Waals surface area contributed by atoms with Crippen LogP contribution in [-0.4, -0.2) is 49.7 Å². The smallest absolute Gasteiger partial charge is 0.317 e. The van der Waals surface area contributed by atoms with Crippen LogP contribution in [0.4, 0.5) is 4.79 Å². The summed E-state index contributed by atoms with van der Waals surface area (Å²) in [6.07, 6.45) is 2.09. The molecule has 6 heteroatoms. The van der Waals surface area contributed by atoms with Crippen molar-refractivity contribution in [3.8, 4) is 5.75 Å². The topological polar surface area (TPSA) is 67.9 Å². The molecule has 1 aliphatic rings. The van der Waals surface area contributed by atoms with Gasteiger partial charge < -0.3 is 19.7 Å². The Morgan fingerprint density at radius 3 is 2.58 bits per heavy atom. The molecule has 0 aromatic heterocycles. The minimum Gasteiger partial charge on any atom is -0.494 e. The molecule has 1 aliphatic heterocycles. The van der Waals surface area contributed by atoms with Crippen molar-refractivity contribution in [1.29, 1.82) is 0 Å². The number of ether oxygens (including phenoxy) is 2. The molecule has 1 aromatic rings. The van der Waals surface area contributed by atoms with E-state index in [0.717, 1.165) is 12.2 Å². The Labute approximate surface area is 143 Å². The number of carbonyl (C=O) groups excluding carboxylic acids is 2. The van der Waals surface area contributed by atoms with Gasteiger partial charge in [-0.3, -0.25) is 4.79 Å². The SMILES string of the molecule is CCOC(=O)C1CCN(C(=O)NCCCOc2ccccc2)CC1. The van der Waals surface area contributed by atoms with Gasteiger partial charge in [-0.05, 0) is 38.3 Å². The molecule has 0 bridgehead atoms. The van der Waals surface area contributed by atoms with Crippen molar-refractivity contribution < 1.29 is 19.1 Å². The molecule has 0 atom stereocenters. The Bertz CT molecular complexity index is 513. The number of hydrogen-bond acceptors (Lipinski definition) is 4. The van der Waals surface area contributed by atoms with E-state index in [1.165, 1.54) is 0 Å². The summed E-state index contributed by atoms with van der Waals surface area (Å²) in [5, 5.41) is 2.90. The first-order valence-electron chi connectivity index (χ1n) is 8.58. The summed E-state index contributed by atoms with van der Waals surface area (Å²) in [6, 6.07) is 9.54. The van der Waals surface area contributed by atoms with Crippen LogP contribution in [-0.2, 0) is 9.53 Å². The van der Waals surface area contributed by atoms with Crippen LogP contribution in [0.1, 0.15) is 26.2 Å². The number of benzene rings is 1. The Hall–Kier alpha value is -2.24. The van der Waals surface area contributed by atoms with Gasteiger partial charge >= 0.3 is 12.0 Å². The van der Waals surface area contributed by atoms with Gasteiger partial charge in [0.25, 0.3) is 0 Å². The van der Waals surface area contributed by atoms with Gasteiger partial charge in [-0.1, -0.05) is 18.2 Å². The van der Waals surface area contributed by atoms with E-state index in [9.17, 15) is 9.59 Å². The van der Waals surface area contributed by atoms with Gasteiger partial charge in [-0.15, -0.1) is 0 Å². The number of carbonyl (C=O) groups is 2. The van der Waals surface area contributed by atoms with Gasteiger partial charge in [0, 0.05) is 19.6 Å². The quantitative estimate of drug-likeness (QED) is 0.614. The fraction of sp³-hybridized carbons (Fsp3) is 0.556. The Kier molecular flexibility index (Phi) is 7.39. The Morgan fingerprint density at radius 2 is 1.92 bits per heavy atom. The molecule has 1 heterocycles. The van der Waals surface area contributed by atoms with Gasteiger partial charge in [0.05, 0.1) is 19.1 Å². The summed E-state index contributed by atoms with van der Waals surface area (Å²) in [7, 11) is 0. The second kappa shape index (κ2) is 9.80. The highest BCUT2D eigenvalue weighted by Gasteiger charge is 2.27. The van der Waals surface area contributed by atoms with Gasteiger partial charge in [-0.25, -0.2) is 4.79 Å². The minimum absolute atomic E-state index is 0.0722. The highest BCUT2D eigenvalue weighted by molar-refractivity contribution is 5.76. The van der Waals surface area contributed by atoms with Gasteiger partial charge in [0.15, 0.2) is 0 Å². The number of likely N-dealkylation sites (tertiary alicyclic amines) is 1. The fourth-order valence-electron chi connectivity index (χ4n) is 2.66. The van der Waals surface area contributed by atoms with Gasteiger partial charge in [0.1, 0.15) is 5.75 Å². The van der Waals surface area contributed by atoms with Crippen LogP contribution >= 0.6 is 0 Å². The number of nitrogens with zero attached hydrogens (tertiary/aromatic N) is 1. The average molecular weight is 334 g/mol. The fourth-order valence-corrected chi connectivity index (χ4v) is 2.66. The van der Waals surface area contributed by atoms with Crippen molar-refractivity contribution in [2.24, 2.45) is 5.92 Å². The maximum atomic E-state index is 12.1. The lowest BCUT2D eigenvalue weighted by atomic mass is 9.97. The second-order valence-corrected chi connectivity index (χ2v) is 5.76. The predicted octanol–water partition coefficient (Wildman–Crippen LogP) is 2.44. The maximum Gasteiger partial charge on any atom is 0.317 e. The highest BCUT2D eigenvalue weighted by atomic mass is 16.5. The molecule has 1 N–H and O–H groups in total. The molecular formula is C18H26N2O4. The number of urea groups is 1. The largest absolute Gasteiger partial charge is 0.494 e. The molecule has 0 saturated carbocycles. The molecule has 2 rings (SSSR count). The van der Waals surface area contributed by atoms with E-state index in [1.54, 1.807) is 4.90 Å². The molecule has 1 saturated heterocycles. The third-order valence-electron chi connectivity index (χ3n) is 4.01. The maximum absolute atomic E-state index is 12.1. The lowest BCUT2D eigenvalue weighted by Crippen LogP contribution is -2.46. The second-order valence-electron chi connectivity index (χ2n) is 5.76. The summed E-state index contributed by atoms with van der Waals surface area (Å²) in [4.78, 5) is 25.5. The first-order chi connectivity index (χ1) is 11.7. The monoisotopic (exact) mass is 334 g/mol. The molecule has 132 valence electrons. The highest BCUT2D eigenvalue weighted by Crippen LogP contribution is 2.18. The van der Waals surface area contributed by atoms with Crippen LogP contribution in [0, 0.1) is 5.92 Å². The predicted molar refractivity (Wildman–Crippen MR) is 90.9 cm³/mol. The Morgan fingerprint density at radius 1 is 1.21 bits per heavy atom. The zero-order chi connectivity index (χ0) is 17.2. The number of hydrogen-bond donors (Lipinski definition) is 1. The standard InChI is InChI=1S/C18H26N2O4/c1-2-23-17(21)15-9-12-20(13-10-15)18(22)19-11-6-14-24-16-7-4-3-5-8-16/h3-5,7-8,15H,2,6,9-14H2,1H3,(H,19,22). The Balaban J connectivity index is 1.57. The van der Waals surface area contributed by atoms with E-state index in [2.05, 4.69) is 5.32 Å². The van der Waals surface area contributed by atoms with E-state index in [1.807, 2.05) is 37.3 Å². The molecule has 0 aliphatic carbocycles. The summed E-state index contributed by atoms with van der Waals surface area (Å²) in [5.41, 5.74) is 0. The van der Waals surface area contributed by atoms with Crippen molar-refractivity contribution in [3.63, 3.8) is 0 Å². The first-order valence-corrected chi connectivity index (χ1v) is 8.58. The summed E-state index contributed by atoms with van der Waals surface area (Å²) in [5.74, 6) is 0.619. The number of esters is 1. The van der Waals surface area contributed by atoms with E-state index in [0.29, 0.717) is 45.7 Å². The normalized spacial score (nSPS) is 15.0. The van der Waals surface area contributed by atoms with Crippen LogP contribution in [0.25, 0.3) is 0 Å². The molecule has 24 heavy (non-hydrogen) atoms. The average Bonchev–Trinajstić information content (AvgIpc) is 2.62. The van der Waals surface area contributed by atoms with Crippen molar-refractivity contribution >= 4 is 12.0 Å². The van der Waals surface area contributed by atoms with Gasteiger partial charge in [0.2, 0.25) is 0 Å². The number of para-hydroxylation sites is 1. The van der Waals surface area contributed by atoms with E-state index in [4.69, 9.17) is 9.47 Å². The minimum atomic E-state index is -0.143. The van der Waals surface area contributed by atoms with Crippen molar-refractivity contribution in [2.45, 2.75) is 26.2 Å². The summed E-state index contributed by atoms with van der Waals surface area (Å²) >= 11 is 0. The molecule has 1 fully saturated rings. The van der Waals surface area contributed by atoms with E-state index < -0.39 is 0 Å². The third-order valence-corrected chi connectivity index (χ3v) is 4.01. The molecule has 0 radical (unpaired) electrons. The van der Waals surface area contributed by atoms with Crippen LogP contribution < -0.4 is 10.1 Å². The molecular weight excluding hydrogens is 308 g/mol. The van der Waals surface area contributed by atoms with E-state index >= 15 is 0 Å². The summed E-state index contributed by atoms with van der Waals surface area (Å²) in [6.45, 7) is 4.54. The molecule has 2 amide bonds. The van der Waals surface area contributed by atoms with Crippen molar-refractivity contribution in [1.82, 2.24) is 10.2 Å². The van der Waals surface area contributed by atoms with Gasteiger partial charge in [-0.2, -0.15) is 0 Å². The number of nitrogens with one attached hydrogen (secondary N) is 1. The molecule has 6 nitrogen and oxygen atoms in total.